The molecule has 0 aromatic carbocycles. The van der Waals surface area contributed by atoms with Crippen molar-refractivity contribution >= 4 is 12.3 Å². The number of carbonyl (C=O) groups excluding carboxylic acids is 1. The van der Waals surface area contributed by atoms with E-state index < -0.39 is 5.97 Å². The number of hydrogen-bond donors (Lipinski definition) is 1. The van der Waals surface area contributed by atoms with E-state index in [0.29, 0.717) is 6.42 Å². The molecule has 2 aromatic rings. The van der Waals surface area contributed by atoms with Gasteiger partial charge in [0, 0.05) is 37.6 Å². The van der Waals surface area contributed by atoms with Crippen LogP contribution in [-0.4, -0.2) is 27.3 Å². The predicted molar refractivity (Wildman–Crippen MR) is 82.8 cm³/mol. The van der Waals surface area contributed by atoms with E-state index in [4.69, 9.17) is 5.11 Å². The predicted octanol–water partition coefficient (Wildman–Crippen LogP) is 3.24. The summed E-state index contributed by atoms with van der Waals surface area (Å²) >= 11 is 0. The Morgan fingerprint density at radius 3 is 1.24 bits per heavy atom. The zero-order valence-corrected chi connectivity index (χ0v) is 12.4. The van der Waals surface area contributed by atoms with Crippen molar-refractivity contribution in [3.63, 3.8) is 0 Å². The van der Waals surface area contributed by atoms with E-state index >= 15 is 0 Å². The summed E-state index contributed by atoms with van der Waals surface area (Å²) in [6.07, 6.45) is 8.74. The topological polar surface area (TPSA) is 80.1 Å². The van der Waals surface area contributed by atoms with Crippen molar-refractivity contribution < 1.29 is 14.7 Å². The van der Waals surface area contributed by atoms with Crippen LogP contribution in [0.4, 0.5) is 0 Å². The molecule has 2 heterocycles. The van der Waals surface area contributed by atoms with Gasteiger partial charge < -0.3 is 9.90 Å². The quantitative estimate of drug-likeness (QED) is 0.859. The molecule has 0 saturated heterocycles. The van der Waals surface area contributed by atoms with Gasteiger partial charge in [0.25, 0.3) is 0 Å². The van der Waals surface area contributed by atoms with Crippen LogP contribution >= 0.6 is 0 Å². The standard InChI is InChI=1S/2C5H5N.C3H6O2.C3H6O/c2*1-2-4-6-5-3-1;1-2-3(4)5;1-2-3-4/h2*1-5H;2H2,1H3,(H,4,5);3H,2H2,1H3. The highest BCUT2D eigenvalue weighted by molar-refractivity contribution is 5.66. The zero-order chi connectivity index (χ0) is 16.2. The molecule has 21 heavy (non-hydrogen) atoms. The highest BCUT2D eigenvalue weighted by Crippen LogP contribution is 1.74. The molecule has 0 bridgehead atoms. The maximum atomic E-state index is 9.37. The molecule has 114 valence electrons. The van der Waals surface area contributed by atoms with Crippen molar-refractivity contribution in [2.75, 3.05) is 0 Å². The largest absolute Gasteiger partial charge is 0.481 e. The van der Waals surface area contributed by atoms with Crippen LogP contribution < -0.4 is 0 Å². The normalized spacial score (nSPS) is 7.52. The highest BCUT2D eigenvalue weighted by atomic mass is 16.4. The van der Waals surface area contributed by atoms with Gasteiger partial charge in [-0.25, -0.2) is 0 Å². The molecule has 0 atom stereocenters. The third-order valence-electron chi connectivity index (χ3n) is 1.60. The van der Waals surface area contributed by atoms with Gasteiger partial charge in [-0.2, -0.15) is 0 Å². The molecule has 1 N–H and O–H groups in total. The summed E-state index contributed by atoms with van der Waals surface area (Å²) < 4.78 is 0. The fraction of sp³-hybridized carbons (Fsp3) is 0.250. The molecule has 0 aliphatic rings. The summed E-state index contributed by atoms with van der Waals surface area (Å²) in [5.74, 6) is -0.745. The number of aromatic nitrogens is 2. The first-order valence-electron chi connectivity index (χ1n) is 6.54. The van der Waals surface area contributed by atoms with E-state index in [9.17, 15) is 9.59 Å². The van der Waals surface area contributed by atoms with Crippen molar-refractivity contribution in [2.45, 2.75) is 26.7 Å². The van der Waals surface area contributed by atoms with Crippen LogP contribution in [0.2, 0.25) is 0 Å². The van der Waals surface area contributed by atoms with E-state index in [1.807, 2.05) is 43.3 Å². The van der Waals surface area contributed by atoms with Crippen LogP contribution in [-0.2, 0) is 9.59 Å². The van der Waals surface area contributed by atoms with E-state index in [2.05, 4.69) is 9.97 Å². The summed E-state index contributed by atoms with van der Waals surface area (Å²) in [4.78, 5) is 26.1. The molecule has 0 fully saturated rings. The molecule has 5 nitrogen and oxygen atoms in total. The van der Waals surface area contributed by atoms with Crippen LogP contribution in [0.5, 0.6) is 0 Å². The fourth-order valence-electron chi connectivity index (χ4n) is 0.625. The van der Waals surface area contributed by atoms with Crippen LogP contribution in [0.25, 0.3) is 0 Å². The number of pyridine rings is 2. The second-order valence-electron chi connectivity index (χ2n) is 3.37. The van der Waals surface area contributed by atoms with Crippen LogP contribution in [0.3, 0.4) is 0 Å². The molecular formula is C16H22N2O3. The second kappa shape index (κ2) is 19.8. The molecule has 0 saturated carbocycles. The lowest BCUT2D eigenvalue weighted by Crippen LogP contribution is -1.86. The van der Waals surface area contributed by atoms with Gasteiger partial charge in [0.1, 0.15) is 6.29 Å². The first-order valence-corrected chi connectivity index (χ1v) is 6.54. The van der Waals surface area contributed by atoms with Crippen LogP contribution in [0.15, 0.2) is 61.2 Å². The molecular weight excluding hydrogens is 268 g/mol. The lowest BCUT2D eigenvalue weighted by atomic mass is 10.5. The van der Waals surface area contributed by atoms with Crippen molar-refractivity contribution in [3.05, 3.63) is 61.2 Å². The number of aliphatic carboxylic acids is 1. The van der Waals surface area contributed by atoms with Crippen LogP contribution in [0.1, 0.15) is 26.7 Å². The lowest BCUT2D eigenvalue weighted by molar-refractivity contribution is -0.136. The third-order valence-corrected chi connectivity index (χ3v) is 1.60. The Hall–Kier alpha value is -2.56. The molecule has 0 spiro atoms. The van der Waals surface area contributed by atoms with Gasteiger partial charge in [-0.1, -0.05) is 26.0 Å². The first-order chi connectivity index (χ1) is 10.2. The number of carboxylic acids is 1. The summed E-state index contributed by atoms with van der Waals surface area (Å²) in [6.45, 7) is 3.41. The Morgan fingerprint density at radius 2 is 1.19 bits per heavy atom. The van der Waals surface area contributed by atoms with Crippen molar-refractivity contribution in [3.8, 4) is 0 Å². The fourth-order valence-corrected chi connectivity index (χ4v) is 0.625. The van der Waals surface area contributed by atoms with E-state index in [0.717, 1.165) is 6.29 Å². The molecule has 2 rings (SSSR count). The maximum Gasteiger partial charge on any atom is 0.303 e. The molecule has 0 radical (unpaired) electrons. The van der Waals surface area contributed by atoms with Crippen LogP contribution in [0, 0.1) is 0 Å². The summed E-state index contributed by atoms with van der Waals surface area (Å²) in [5.41, 5.74) is 0. The van der Waals surface area contributed by atoms with Gasteiger partial charge in [-0.3, -0.25) is 14.8 Å². The van der Waals surface area contributed by atoms with Gasteiger partial charge in [-0.15, -0.1) is 0 Å². The number of carbonyl (C=O) groups is 2. The van der Waals surface area contributed by atoms with Gasteiger partial charge in [-0.05, 0) is 24.3 Å². The number of hydrogen-bond acceptors (Lipinski definition) is 4. The molecule has 0 amide bonds. The average Bonchev–Trinajstić information content (AvgIpc) is 2.59. The van der Waals surface area contributed by atoms with Gasteiger partial charge in [0.2, 0.25) is 0 Å². The maximum absolute atomic E-state index is 9.37. The number of carboxylic acid groups (broad SMARTS) is 1. The third kappa shape index (κ3) is 26.9. The summed E-state index contributed by atoms with van der Waals surface area (Å²) in [5, 5.41) is 7.72. The Kier molecular flexibility index (Phi) is 19.5. The summed E-state index contributed by atoms with van der Waals surface area (Å²) in [6, 6.07) is 11.4. The Labute approximate surface area is 125 Å². The van der Waals surface area contributed by atoms with Crippen molar-refractivity contribution in [1.82, 2.24) is 9.97 Å². The minimum absolute atomic E-state index is 0.222. The SMILES string of the molecule is CCC(=O)O.CCC=O.c1ccncc1.c1ccncc1. The Morgan fingerprint density at radius 1 is 0.905 bits per heavy atom. The number of nitrogens with zero attached hydrogens (tertiary/aromatic N) is 2. The molecule has 0 aliphatic heterocycles. The average molecular weight is 290 g/mol. The molecule has 5 heteroatoms. The molecule has 2 aromatic heterocycles. The summed E-state index contributed by atoms with van der Waals surface area (Å²) in [7, 11) is 0. The van der Waals surface area contributed by atoms with E-state index in [1.54, 1.807) is 31.7 Å². The minimum Gasteiger partial charge on any atom is -0.481 e. The number of aldehydes is 1. The van der Waals surface area contributed by atoms with Crippen molar-refractivity contribution in [1.29, 1.82) is 0 Å². The smallest absolute Gasteiger partial charge is 0.303 e. The Bertz CT molecular complexity index is 337. The van der Waals surface area contributed by atoms with Gasteiger partial charge in [0.05, 0.1) is 0 Å². The van der Waals surface area contributed by atoms with Gasteiger partial charge >= 0.3 is 5.97 Å². The Balaban J connectivity index is 0. The van der Waals surface area contributed by atoms with E-state index in [1.165, 1.54) is 0 Å². The van der Waals surface area contributed by atoms with Crippen molar-refractivity contribution in [2.24, 2.45) is 0 Å². The zero-order valence-electron chi connectivity index (χ0n) is 12.4. The van der Waals surface area contributed by atoms with E-state index in [-0.39, 0.29) is 6.42 Å². The molecule has 0 aliphatic carbocycles. The first kappa shape index (κ1) is 20.8. The monoisotopic (exact) mass is 290 g/mol. The van der Waals surface area contributed by atoms with Gasteiger partial charge in [0.15, 0.2) is 0 Å². The second-order valence-corrected chi connectivity index (χ2v) is 3.37. The molecule has 0 unspecified atom stereocenters. The minimum atomic E-state index is -0.745. The number of rotatable bonds is 2. The lowest BCUT2D eigenvalue weighted by Gasteiger charge is -1.71. The highest BCUT2D eigenvalue weighted by Gasteiger charge is 1.80.